The molecule has 0 unspecified atom stereocenters. The lowest BCUT2D eigenvalue weighted by atomic mass is 9.88. The molecule has 0 spiro atoms. The molecular weight excluding hydrogens is 501 g/mol. The third kappa shape index (κ3) is 2.94. The van der Waals surface area contributed by atoms with Crippen LogP contribution in [0.15, 0.2) is 25.5 Å². The summed E-state index contributed by atoms with van der Waals surface area (Å²) in [6, 6.07) is 2.80. The van der Waals surface area contributed by atoms with Gasteiger partial charge >= 0.3 is 5.69 Å². The van der Waals surface area contributed by atoms with Gasteiger partial charge in [-0.25, -0.2) is 0 Å². The predicted octanol–water partition coefficient (Wildman–Crippen LogP) is 3.03. The zero-order valence-electron chi connectivity index (χ0n) is 14.5. The van der Waals surface area contributed by atoms with E-state index in [4.69, 9.17) is 4.42 Å². The second-order valence-corrected chi connectivity index (χ2v) is 7.71. The van der Waals surface area contributed by atoms with Crippen LogP contribution in [-0.2, 0) is 6.42 Å². The van der Waals surface area contributed by atoms with E-state index < -0.39 is 27.9 Å². The smallest absolute Gasteiger partial charge is 0.312 e. The number of phenolic OH excluding ortho intramolecular Hbond substituents is 3. The first kappa shape index (κ1) is 20.2. The summed E-state index contributed by atoms with van der Waals surface area (Å²) in [5, 5.41) is 41.9. The van der Waals surface area contributed by atoms with E-state index in [-0.39, 0.29) is 54.4 Å². The summed E-state index contributed by atoms with van der Waals surface area (Å²) in [7, 11) is 1.27. The quantitative estimate of drug-likeness (QED) is 0.161. The Labute approximate surface area is 175 Å². The highest BCUT2D eigenvalue weighted by molar-refractivity contribution is 9.11. The third-order valence-electron chi connectivity index (χ3n) is 4.38. The van der Waals surface area contributed by atoms with Gasteiger partial charge in [-0.3, -0.25) is 14.9 Å². The van der Waals surface area contributed by atoms with E-state index >= 15 is 0 Å². The van der Waals surface area contributed by atoms with Crippen LogP contribution in [0.3, 0.4) is 0 Å². The number of rotatable bonds is 4. The second-order valence-electron chi connectivity index (χ2n) is 6.00. The number of fused-ring (bicyclic) bond motifs is 1. The van der Waals surface area contributed by atoms with E-state index in [9.17, 15) is 30.2 Å². The number of nitrogens with zero attached hydrogens (tertiary/aromatic N) is 1. The molecule has 0 amide bonds. The van der Waals surface area contributed by atoms with Crippen molar-refractivity contribution in [2.45, 2.75) is 13.3 Å². The maximum Gasteiger partial charge on any atom is 0.312 e. The van der Waals surface area contributed by atoms with Gasteiger partial charge in [0.15, 0.2) is 19.2 Å². The van der Waals surface area contributed by atoms with Crippen molar-refractivity contribution in [1.82, 2.24) is 0 Å². The van der Waals surface area contributed by atoms with E-state index in [0.717, 1.165) is 0 Å². The number of benzene rings is 2. The first-order valence-corrected chi connectivity index (χ1v) is 9.55. The Kier molecular flexibility index (Phi) is 5.15. The van der Waals surface area contributed by atoms with Gasteiger partial charge in [-0.1, -0.05) is 6.92 Å². The molecule has 0 saturated heterocycles. The molecule has 0 fully saturated rings. The number of hydrogen-bond acceptors (Lipinski definition) is 7. The SMILES string of the molecule is Bc1c([N+](=O)[O-])c(O)c2oc(CC)c(C(=O)c3cc(Br)c(O)c(Br)c3)c2c1O. The van der Waals surface area contributed by atoms with E-state index in [2.05, 4.69) is 31.9 Å². The van der Waals surface area contributed by atoms with Crippen molar-refractivity contribution in [2.75, 3.05) is 0 Å². The van der Waals surface area contributed by atoms with Gasteiger partial charge in [0.05, 0.1) is 24.8 Å². The highest BCUT2D eigenvalue weighted by Crippen LogP contribution is 2.43. The summed E-state index contributed by atoms with van der Waals surface area (Å²) < 4.78 is 6.07. The molecule has 8 nitrogen and oxygen atoms in total. The summed E-state index contributed by atoms with van der Waals surface area (Å²) in [5.74, 6) is -1.73. The number of carbonyl (C=O) groups is 1. The predicted molar refractivity (Wildman–Crippen MR) is 111 cm³/mol. The van der Waals surface area contributed by atoms with Gasteiger partial charge in [-0.05, 0) is 44.0 Å². The fourth-order valence-corrected chi connectivity index (χ4v) is 4.20. The van der Waals surface area contributed by atoms with Crippen molar-refractivity contribution in [1.29, 1.82) is 0 Å². The minimum Gasteiger partial charge on any atom is -0.507 e. The molecule has 0 saturated carbocycles. The maximum atomic E-state index is 13.2. The van der Waals surface area contributed by atoms with E-state index in [1.807, 2.05) is 0 Å². The van der Waals surface area contributed by atoms with Gasteiger partial charge < -0.3 is 19.7 Å². The molecule has 0 radical (unpaired) electrons. The summed E-state index contributed by atoms with van der Waals surface area (Å²) in [5.41, 5.74) is -1.03. The number of aryl methyl sites for hydroxylation is 1. The fraction of sp³-hybridized carbons (Fsp3) is 0.118. The van der Waals surface area contributed by atoms with E-state index in [1.165, 1.54) is 20.0 Å². The summed E-state index contributed by atoms with van der Waals surface area (Å²) in [6.45, 7) is 1.70. The Morgan fingerprint density at radius 3 is 2.25 bits per heavy atom. The monoisotopic (exact) mass is 511 g/mol. The van der Waals surface area contributed by atoms with Crippen molar-refractivity contribution >= 4 is 67.6 Å². The second kappa shape index (κ2) is 7.14. The first-order valence-electron chi connectivity index (χ1n) is 7.97. The Hall–Kier alpha value is -2.53. The van der Waals surface area contributed by atoms with Gasteiger partial charge in [-0.15, -0.1) is 0 Å². The van der Waals surface area contributed by atoms with Crippen LogP contribution in [0.4, 0.5) is 5.69 Å². The molecule has 11 heteroatoms. The van der Waals surface area contributed by atoms with Crippen LogP contribution in [0, 0.1) is 10.1 Å². The van der Waals surface area contributed by atoms with E-state index in [0.29, 0.717) is 0 Å². The number of aromatic hydroxyl groups is 3. The van der Waals surface area contributed by atoms with Gasteiger partial charge in [0.2, 0.25) is 5.75 Å². The molecule has 2 aromatic carbocycles. The molecule has 1 aromatic heterocycles. The Bertz CT molecular complexity index is 1150. The zero-order valence-corrected chi connectivity index (χ0v) is 17.7. The lowest BCUT2D eigenvalue weighted by Crippen LogP contribution is -2.12. The molecule has 3 aromatic rings. The van der Waals surface area contributed by atoms with Crippen molar-refractivity contribution in [3.8, 4) is 17.2 Å². The van der Waals surface area contributed by atoms with Crippen LogP contribution < -0.4 is 5.46 Å². The molecule has 3 rings (SSSR count). The molecule has 28 heavy (non-hydrogen) atoms. The minimum atomic E-state index is -0.826. The van der Waals surface area contributed by atoms with Gasteiger partial charge in [0.1, 0.15) is 17.3 Å². The zero-order chi connectivity index (χ0) is 20.9. The Morgan fingerprint density at radius 1 is 1.18 bits per heavy atom. The van der Waals surface area contributed by atoms with Crippen LogP contribution in [-0.4, -0.2) is 33.9 Å². The van der Waals surface area contributed by atoms with E-state index in [1.54, 1.807) is 6.92 Å². The molecule has 0 aliphatic heterocycles. The number of phenols is 3. The average Bonchev–Trinajstić information content (AvgIpc) is 3.03. The topological polar surface area (TPSA) is 134 Å². The number of nitro benzene ring substituents is 1. The Balaban J connectivity index is 2.38. The normalized spacial score (nSPS) is 11.1. The number of carbonyl (C=O) groups excluding carboxylic acids is 1. The third-order valence-corrected chi connectivity index (χ3v) is 5.59. The molecule has 0 atom stereocenters. The highest BCUT2D eigenvalue weighted by Gasteiger charge is 2.32. The lowest BCUT2D eigenvalue weighted by molar-refractivity contribution is -0.384. The molecule has 3 N–H and O–H groups in total. The van der Waals surface area contributed by atoms with Crippen LogP contribution in [0.1, 0.15) is 28.6 Å². The molecular formula is C17H12BBr2NO7. The van der Waals surface area contributed by atoms with Crippen LogP contribution >= 0.6 is 31.9 Å². The van der Waals surface area contributed by atoms with Crippen molar-refractivity contribution in [2.24, 2.45) is 0 Å². The number of ketones is 1. The first-order chi connectivity index (χ1) is 13.1. The van der Waals surface area contributed by atoms with Gasteiger partial charge in [-0.2, -0.15) is 0 Å². The molecule has 1 heterocycles. The molecule has 144 valence electrons. The van der Waals surface area contributed by atoms with Crippen molar-refractivity contribution in [3.63, 3.8) is 0 Å². The number of nitro groups is 1. The van der Waals surface area contributed by atoms with Gasteiger partial charge in [0.25, 0.3) is 0 Å². The average molecular weight is 513 g/mol. The highest BCUT2D eigenvalue weighted by atomic mass is 79.9. The summed E-state index contributed by atoms with van der Waals surface area (Å²) in [4.78, 5) is 23.6. The van der Waals surface area contributed by atoms with Crippen molar-refractivity contribution in [3.05, 3.63) is 48.1 Å². The summed E-state index contributed by atoms with van der Waals surface area (Å²) in [6.07, 6.45) is 0.238. The molecule has 0 aliphatic carbocycles. The van der Waals surface area contributed by atoms with Crippen molar-refractivity contribution < 1.29 is 29.5 Å². The number of hydrogen-bond donors (Lipinski definition) is 3. The number of halogens is 2. The van der Waals surface area contributed by atoms with Crippen LogP contribution in [0.5, 0.6) is 17.2 Å². The molecule has 0 bridgehead atoms. The summed E-state index contributed by atoms with van der Waals surface area (Å²) >= 11 is 6.31. The van der Waals surface area contributed by atoms with Crippen LogP contribution in [0.2, 0.25) is 0 Å². The lowest BCUT2D eigenvalue weighted by Gasteiger charge is -2.08. The fourth-order valence-electron chi connectivity index (χ4n) is 3.01. The standard InChI is InChI=1S/C17H12BBr2NO7/c1-2-8-9(13(22)5-3-6(19)14(23)7(20)4-5)10-15(24)11(18)12(21(26)27)16(25)17(10)28-8/h3-4,23-25H,2,18H2,1H3. The maximum absolute atomic E-state index is 13.2. The minimum absolute atomic E-state index is 0.00668. The van der Waals surface area contributed by atoms with Gasteiger partial charge in [0, 0.05) is 17.4 Å². The largest absolute Gasteiger partial charge is 0.507 e. The molecule has 0 aliphatic rings. The van der Waals surface area contributed by atoms with Crippen LogP contribution in [0.25, 0.3) is 11.0 Å². The number of furan rings is 1. The Morgan fingerprint density at radius 2 is 1.75 bits per heavy atom.